The summed E-state index contributed by atoms with van der Waals surface area (Å²) in [6.07, 6.45) is -1.42. The summed E-state index contributed by atoms with van der Waals surface area (Å²) in [5.74, 6) is -1.49. The summed E-state index contributed by atoms with van der Waals surface area (Å²) >= 11 is 0. The van der Waals surface area contributed by atoms with E-state index in [-0.39, 0.29) is 33.7 Å². The van der Waals surface area contributed by atoms with Crippen LogP contribution in [0.5, 0.6) is 0 Å². The van der Waals surface area contributed by atoms with Gasteiger partial charge in [0.05, 0.1) is 6.42 Å². The van der Waals surface area contributed by atoms with Crippen molar-refractivity contribution < 1.29 is 19.4 Å². The van der Waals surface area contributed by atoms with Crippen molar-refractivity contribution in [2.75, 3.05) is 0 Å². The number of aliphatic hydroxyl groups is 1. The predicted molar refractivity (Wildman–Crippen MR) is 30.3 cm³/mol. The molecule has 0 spiro atoms. The number of carbonyl (C=O) groups is 2. The molecule has 0 amide bonds. The molecular weight excluding hydrogens is 319 g/mol. The molecule has 0 saturated carbocycles. The molecule has 1 N–H and O–H groups in total. The van der Waals surface area contributed by atoms with Gasteiger partial charge in [-0.2, -0.15) is 0 Å². The van der Waals surface area contributed by atoms with Crippen LogP contribution in [0.3, 0.4) is 0 Å². The molecule has 0 bridgehead atoms. The third-order valence-electron chi connectivity index (χ3n) is 0.847. The topological polar surface area (TPSA) is 63.6 Å². The number of hydrogen-bond acceptors (Lipinski definition) is 4. The average molecular weight is 325 g/mol. The van der Waals surface area contributed by atoms with Gasteiger partial charge >= 0.3 is 39.2 Å². The molecule has 1 saturated heterocycles. The number of hydrogen-bond donors (Lipinski definition) is 1. The minimum atomic E-state index is -1.22. The Morgan fingerprint density at radius 3 is 2.22 bits per heavy atom. The van der Waals surface area contributed by atoms with Crippen LogP contribution in [0.25, 0.3) is 0 Å². The van der Waals surface area contributed by atoms with Crippen molar-refractivity contribution >= 4 is 39.2 Å². The van der Waals surface area contributed by atoms with Gasteiger partial charge < -0.3 is 9.84 Å². The summed E-state index contributed by atoms with van der Waals surface area (Å²) < 4.78 is 3.95. The zero-order chi connectivity index (χ0) is 6.15. The van der Waals surface area contributed by atoms with E-state index in [4.69, 9.17) is 5.11 Å². The molecule has 50 valence electrons. The van der Waals surface area contributed by atoms with Crippen LogP contribution >= 0.6 is 0 Å². The second kappa shape index (κ2) is 3.26. The molecule has 0 aliphatic carbocycles. The van der Waals surface area contributed by atoms with Crippen LogP contribution < -0.4 is 0 Å². The van der Waals surface area contributed by atoms with Gasteiger partial charge in [0, 0.05) is 0 Å². The molecule has 0 aromatic carbocycles. The van der Waals surface area contributed by atoms with Crippen LogP contribution in [-0.4, -0.2) is 50.4 Å². The van der Waals surface area contributed by atoms with Gasteiger partial charge in [-0.3, -0.25) is 4.79 Å². The molecule has 1 rings (SSSR count). The zero-order valence-electron chi connectivity index (χ0n) is 4.66. The van der Waals surface area contributed by atoms with Crippen molar-refractivity contribution in [3.05, 3.63) is 0 Å². The monoisotopic (exact) mass is 326 g/mol. The first-order valence-electron chi connectivity index (χ1n) is 2.13. The van der Waals surface area contributed by atoms with Crippen molar-refractivity contribution in [2.24, 2.45) is 0 Å². The third-order valence-corrected chi connectivity index (χ3v) is 0.847. The van der Waals surface area contributed by atoms with Crippen LogP contribution in [0, 0.1) is 0 Å². The Balaban J connectivity index is 0.000000640. The summed E-state index contributed by atoms with van der Waals surface area (Å²) in [6.45, 7) is 0. The molecule has 0 aromatic rings. The maximum absolute atomic E-state index is 10.1. The Labute approximate surface area is 71.3 Å². The SMILES string of the molecule is O=C1CC(O)C(=O)O1.[PbH2]. The Morgan fingerprint density at radius 2 is 2.11 bits per heavy atom. The van der Waals surface area contributed by atoms with E-state index in [0.717, 1.165) is 0 Å². The standard InChI is InChI=1S/C4H4O4.Pb.2H/c5-2-1-3(6)8-4(2)7;;;/h2,5H,1H2;;;. The van der Waals surface area contributed by atoms with Crippen LogP contribution in [0.1, 0.15) is 6.42 Å². The summed E-state index contributed by atoms with van der Waals surface area (Å²) in [7, 11) is 0. The Kier molecular flexibility index (Phi) is 3.26. The maximum atomic E-state index is 10.1. The number of ether oxygens (including phenoxy) is 1. The van der Waals surface area contributed by atoms with E-state index in [1.807, 2.05) is 0 Å². The van der Waals surface area contributed by atoms with Crippen molar-refractivity contribution in [1.82, 2.24) is 0 Å². The number of rotatable bonds is 0. The third kappa shape index (κ3) is 2.01. The van der Waals surface area contributed by atoms with Crippen molar-refractivity contribution in [3.8, 4) is 0 Å². The Hall–Kier alpha value is 0.0221. The van der Waals surface area contributed by atoms with Crippen LogP contribution in [0.2, 0.25) is 0 Å². The van der Waals surface area contributed by atoms with Crippen molar-refractivity contribution in [1.29, 1.82) is 0 Å². The molecule has 0 aromatic heterocycles. The first kappa shape index (κ1) is 9.02. The first-order valence-corrected chi connectivity index (χ1v) is 2.13. The van der Waals surface area contributed by atoms with Gasteiger partial charge in [0.25, 0.3) is 0 Å². The van der Waals surface area contributed by atoms with Crippen LogP contribution in [0.4, 0.5) is 0 Å². The van der Waals surface area contributed by atoms with E-state index in [9.17, 15) is 9.59 Å². The predicted octanol–water partition coefficient (Wildman–Crippen LogP) is -2.10. The fourth-order valence-electron chi connectivity index (χ4n) is 0.463. The molecule has 1 aliphatic heterocycles. The van der Waals surface area contributed by atoms with E-state index in [1.54, 1.807) is 0 Å². The van der Waals surface area contributed by atoms with E-state index in [2.05, 4.69) is 4.74 Å². The van der Waals surface area contributed by atoms with E-state index >= 15 is 0 Å². The second-order valence-electron chi connectivity index (χ2n) is 1.51. The second-order valence-corrected chi connectivity index (χ2v) is 1.51. The van der Waals surface area contributed by atoms with Gasteiger partial charge in [-0.25, -0.2) is 4.79 Å². The van der Waals surface area contributed by atoms with Gasteiger partial charge in [-0.05, 0) is 0 Å². The van der Waals surface area contributed by atoms with Gasteiger partial charge in [0.2, 0.25) is 0 Å². The molecule has 1 heterocycles. The quantitative estimate of drug-likeness (QED) is 0.315. The van der Waals surface area contributed by atoms with E-state index < -0.39 is 18.0 Å². The summed E-state index contributed by atoms with van der Waals surface area (Å²) in [5, 5.41) is 8.47. The molecule has 4 nitrogen and oxygen atoms in total. The summed E-state index contributed by atoms with van der Waals surface area (Å²) in [4.78, 5) is 20.2. The molecular formula is C4H6O4Pb. The number of cyclic esters (lactones) is 2. The van der Waals surface area contributed by atoms with Crippen LogP contribution in [-0.2, 0) is 14.3 Å². The molecule has 1 aliphatic rings. The molecule has 5 heteroatoms. The molecule has 1 atom stereocenters. The normalized spacial score (nSPS) is 25.2. The van der Waals surface area contributed by atoms with E-state index in [1.165, 1.54) is 0 Å². The number of esters is 2. The van der Waals surface area contributed by atoms with Crippen molar-refractivity contribution in [2.45, 2.75) is 12.5 Å². The average Bonchev–Trinajstić information content (AvgIpc) is 1.85. The fourth-order valence-corrected chi connectivity index (χ4v) is 0.463. The molecule has 1 fully saturated rings. The number of aliphatic hydroxyl groups excluding tert-OH is 1. The van der Waals surface area contributed by atoms with Gasteiger partial charge in [0.15, 0.2) is 6.10 Å². The molecule has 1 unspecified atom stereocenters. The summed E-state index contributed by atoms with van der Waals surface area (Å²) in [5.41, 5.74) is 0. The van der Waals surface area contributed by atoms with Crippen LogP contribution in [0.15, 0.2) is 0 Å². The molecule has 2 radical (unpaired) electrons. The van der Waals surface area contributed by atoms with Gasteiger partial charge in [-0.1, -0.05) is 0 Å². The Morgan fingerprint density at radius 1 is 1.56 bits per heavy atom. The van der Waals surface area contributed by atoms with E-state index in [0.29, 0.717) is 0 Å². The first-order chi connectivity index (χ1) is 3.70. The summed E-state index contributed by atoms with van der Waals surface area (Å²) in [6, 6.07) is 0. The fraction of sp³-hybridized carbons (Fsp3) is 0.500. The van der Waals surface area contributed by atoms with Crippen molar-refractivity contribution in [3.63, 3.8) is 0 Å². The minimum absolute atomic E-state index is 0. The molecule has 9 heavy (non-hydrogen) atoms. The number of carbonyl (C=O) groups excluding carboxylic acids is 2. The van der Waals surface area contributed by atoms with Gasteiger partial charge in [-0.15, -0.1) is 0 Å². The van der Waals surface area contributed by atoms with Gasteiger partial charge in [0.1, 0.15) is 0 Å². The Bertz CT molecular complexity index is 144. The zero-order valence-corrected chi connectivity index (χ0v) is 10.2.